The van der Waals surface area contributed by atoms with Gasteiger partial charge in [0.15, 0.2) is 12.5 Å². The zero-order valence-corrected chi connectivity index (χ0v) is 32.4. The Labute approximate surface area is 333 Å². The van der Waals surface area contributed by atoms with Crippen molar-refractivity contribution < 1.29 is 33.2 Å². The number of aryl methyl sites for hydroxylation is 1. The Kier molecular flexibility index (Phi) is 15.5. The van der Waals surface area contributed by atoms with Crippen LogP contribution in [0.2, 0.25) is 0 Å². The van der Waals surface area contributed by atoms with Crippen LogP contribution in [0.3, 0.4) is 0 Å². The summed E-state index contributed by atoms with van der Waals surface area (Å²) < 4.78 is 13.4. The first kappa shape index (κ1) is 42.3. The third-order valence-corrected chi connectivity index (χ3v) is 10.6. The van der Waals surface area contributed by atoms with Crippen molar-refractivity contribution in [2.75, 3.05) is 19.8 Å². The number of ketones is 1. The summed E-state index contributed by atoms with van der Waals surface area (Å²) in [7, 11) is 0. The van der Waals surface area contributed by atoms with Gasteiger partial charge in [0.1, 0.15) is 12.1 Å². The molecular formula is C44H53FN6O6. The molecule has 1 heterocycles. The first-order valence-corrected chi connectivity index (χ1v) is 19.7. The number of nitrogens with zero attached hydrogens (tertiary/aromatic N) is 1. The summed E-state index contributed by atoms with van der Waals surface area (Å²) in [6, 6.07) is 20.9. The van der Waals surface area contributed by atoms with Crippen LogP contribution in [0.4, 0.5) is 9.18 Å². The Balaban J connectivity index is 1.37. The molecule has 1 saturated heterocycles. The van der Waals surface area contributed by atoms with Gasteiger partial charge in [-0.1, -0.05) is 90.5 Å². The normalized spacial score (nSPS) is 16.3. The lowest BCUT2D eigenvalue weighted by Crippen LogP contribution is -2.59. The fraction of sp³-hybridized carbons (Fsp3) is 0.409. The van der Waals surface area contributed by atoms with Crippen molar-refractivity contribution in [1.82, 2.24) is 26.2 Å². The molecule has 5 rings (SSSR count). The van der Waals surface area contributed by atoms with Crippen molar-refractivity contribution in [3.63, 3.8) is 0 Å². The summed E-state index contributed by atoms with van der Waals surface area (Å²) in [6.45, 7) is 1.40. The number of likely N-dealkylation sites (tertiary alicyclic amines) is 1. The monoisotopic (exact) mass is 780 g/mol. The highest BCUT2D eigenvalue weighted by molar-refractivity contribution is 5.97. The summed E-state index contributed by atoms with van der Waals surface area (Å²) in [6.07, 6.45) is 5.08. The number of carbonyl (C=O) groups is 6. The van der Waals surface area contributed by atoms with Gasteiger partial charge < -0.3 is 31.9 Å². The summed E-state index contributed by atoms with van der Waals surface area (Å²) in [5.74, 6) is -3.41. The van der Waals surface area contributed by atoms with Gasteiger partial charge in [-0.2, -0.15) is 0 Å². The molecule has 0 unspecified atom stereocenters. The molecule has 6 N–H and O–H groups in total. The molecule has 1 aliphatic heterocycles. The van der Waals surface area contributed by atoms with Gasteiger partial charge in [0.25, 0.3) is 5.91 Å². The number of alkyl halides is 1. The third-order valence-electron chi connectivity index (χ3n) is 10.6. The number of nitrogens with one attached hydrogen (secondary N) is 4. The molecule has 12 nitrogen and oxygen atoms in total. The van der Waals surface area contributed by atoms with E-state index in [1.807, 2.05) is 67.6 Å². The smallest absolute Gasteiger partial charge is 0.312 e. The van der Waals surface area contributed by atoms with E-state index in [1.165, 1.54) is 4.90 Å². The van der Waals surface area contributed by atoms with Gasteiger partial charge in [0, 0.05) is 44.8 Å². The summed E-state index contributed by atoms with van der Waals surface area (Å²) in [5.41, 5.74) is 11.0. The Hall–Kier alpha value is -5.85. The molecule has 1 fully saturated rings. The van der Waals surface area contributed by atoms with Gasteiger partial charge in [0.05, 0.1) is 6.04 Å². The van der Waals surface area contributed by atoms with E-state index in [1.54, 1.807) is 24.3 Å². The second-order valence-corrected chi connectivity index (χ2v) is 14.8. The summed E-state index contributed by atoms with van der Waals surface area (Å²) >= 11 is 0. The average Bonchev–Trinajstić information content (AvgIpc) is 3.63. The van der Waals surface area contributed by atoms with E-state index in [-0.39, 0.29) is 57.0 Å². The Morgan fingerprint density at radius 3 is 2.32 bits per heavy atom. The molecule has 0 bridgehead atoms. The number of allylic oxidation sites excluding steroid dienone is 1. The zero-order chi connectivity index (χ0) is 40.7. The SMILES string of the molecule is Cc1ccc(CNC(=O)[C@H](CCCNC(N)=O)CC(=O)[C@H](CC2=CCc3ccccc32)NC(=O)[C@@H]2CCCCN2C(=O)[C@H](Cc2ccccc2)NC(=O)CF)cc1. The number of Topliss-reactive ketones (excluding diaryl/α,β-unsaturated/α-hetero) is 1. The number of urea groups is 1. The van der Waals surface area contributed by atoms with Crippen molar-refractivity contribution in [2.45, 2.75) is 89.4 Å². The lowest BCUT2D eigenvalue weighted by atomic mass is 9.89. The standard InChI is InChI=1S/C44H53FN6O6/c1-29-16-18-31(19-17-29)28-48-41(54)34(13-9-22-47-44(46)57)26-39(52)36(25-33-21-20-32-12-5-6-14-35(32)33)50-42(55)38-15-7-8-23-51(38)43(56)37(49-40(53)27-45)24-30-10-3-2-4-11-30/h2-6,10-12,14,16-19,21,34,36-38H,7-9,13,15,20,22-28H2,1H3,(H,48,54)(H,49,53)(H,50,55)(H3,46,47,57)/t34-,36+,37+,38+/m1/s1. The minimum absolute atomic E-state index is 0.104. The number of nitrogens with two attached hydrogens (primary N) is 1. The molecule has 1 aliphatic carbocycles. The number of halogens is 1. The van der Waals surface area contributed by atoms with Gasteiger partial charge >= 0.3 is 6.03 Å². The zero-order valence-electron chi connectivity index (χ0n) is 32.4. The van der Waals surface area contributed by atoms with Crippen molar-refractivity contribution in [1.29, 1.82) is 0 Å². The van der Waals surface area contributed by atoms with E-state index in [2.05, 4.69) is 21.3 Å². The van der Waals surface area contributed by atoms with Crippen LogP contribution in [0, 0.1) is 12.8 Å². The number of benzene rings is 3. The third kappa shape index (κ3) is 12.3. The van der Waals surface area contributed by atoms with Crippen LogP contribution in [0.15, 0.2) is 84.9 Å². The van der Waals surface area contributed by atoms with Crippen LogP contribution in [0.1, 0.15) is 72.8 Å². The first-order valence-electron chi connectivity index (χ1n) is 19.7. The van der Waals surface area contributed by atoms with Crippen LogP contribution in [-0.4, -0.2) is 78.2 Å². The lowest BCUT2D eigenvalue weighted by Gasteiger charge is -2.37. The molecule has 3 aromatic carbocycles. The molecular weight excluding hydrogens is 728 g/mol. The Morgan fingerprint density at radius 1 is 0.842 bits per heavy atom. The highest BCUT2D eigenvalue weighted by atomic mass is 19.1. The minimum Gasteiger partial charge on any atom is -0.352 e. The average molecular weight is 781 g/mol. The maximum atomic E-state index is 14.4. The fourth-order valence-corrected chi connectivity index (χ4v) is 7.54. The lowest BCUT2D eigenvalue weighted by molar-refractivity contribution is -0.145. The number of hydrogen-bond acceptors (Lipinski definition) is 6. The van der Waals surface area contributed by atoms with Gasteiger partial charge in [-0.25, -0.2) is 9.18 Å². The highest BCUT2D eigenvalue weighted by Gasteiger charge is 2.38. The van der Waals surface area contributed by atoms with Crippen molar-refractivity contribution >= 4 is 41.0 Å². The van der Waals surface area contributed by atoms with E-state index in [0.29, 0.717) is 32.1 Å². The quantitative estimate of drug-likeness (QED) is 0.114. The minimum atomic E-state index is -1.29. The van der Waals surface area contributed by atoms with Crippen LogP contribution in [-0.2, 0) is 43.4 Å². The Bertz CT molecular complexity index is 1920. The maximum Gasteiger partial charge on any atom is 0.312 e. The summed E-state index contributed by atoms with van der Waals surface area (Å²) in [5, 5.41) is 11.0. The van der Waals surface area contributed by atoms with Crippen molar-refractivity contribution in [3.05, 3.63) is 113 Å². The molecule has 0 saturated carbocycles. The number of rotatable bonds is 19. The number of primary amides is 1. The van der Waals surface area contributed by atoms with E-state index in [9.17, 15) is 33.2 Å². The van der Waals surface area contributed by atoms with Gasteiger partial charge in [-0.3, -0.25) is 24.0 Å². The topological polar surface area (TPSA) is 180 Å². The fourth-order valence-electron chi connectivity index (χ4n) is 7.54. The second-order valence-electron chi connectivity index (χ2n) is 14.8. The van der Waals surface area contributed by atoms with Gasteiger partial charge in [-0.05, 0) is 73.3 Å². The van der Waals surface area contributed by atoms with Gasteiger partial charge in [0.2, 0.25) is 17.7 Å². The predicted octanol–water partition coefficient (Wildman–Crippen LogP) is 4.23. The molecule has 302 valence electrons. The number of carbonyl (C=O) groups excluding carboxylic acids is 6. The molecule has 13 heteroatoms. The molecule has 0 radical (unpaired) electrons. The largest absolute Gasteiger partial charge is 0.352 e. The van der Waals surface area contributed by atoms with Crippen LogP contribution in [0.5, 0.6) is 0 Å². The molecule has 0 spiro atoms. The first-order chi connectivity index (χ1) is 27.5. The molecule has 6 amide bonds. The molecule has 0 aromatic heterocycles. The van der Waals surface area contributed by atoms with Crippen molar-refractivity contribution in [3.8, 4) is 0 Å². The van der Waals surface area contributed by atoms with Crippen molar-refractivity contribution in [2.24, 2.45) is 11.7 Å². The van der Waals surface area contributed by atoms with E-state index in [0.717, 1.165) is 33.4 Å². The molecule has 2 aliphatic rings. The van der Waals surface area contributed by atoms with Crippen LogP contribution in [0.25, 0.3) is 5.57 Å². The van der Waals surface area contributed by atoms with Crippen LogP contribution >= 0.6 is 0 Å². The van der Waals surface area contributed by atoms with E-state index in [4.69, 9.17) is 5.73 Å². The van der Waals surface area contributed by atoms with E-state index >= 15 is 0 Å². The molecule has 3 aromatic rings. The van der Waals surface area contributed by atoms with Crippen LogP contribution < -0.4 is 27.0 Å². The van der Waals surface area contributed by atoms with E-state index < -0.39 is 54.5 Å². The van der Waals surface area contributed by atoms with Gasteiger partial charge in [-0.15, -0.1) is 0 Å². The maximum absolute atomic E-state index is 14.4. The second kappa shape index (κ2) is 20.9. The number of hydrogen-bond donors (Lipinski definition) is 5. The summed E-state index contributed by atoms with van der Waals surface area (Å²) in [4.78, 5) is 81.6. The predicted molar refractivity (Wildman–Crippen MR) is 215 cm³/mol. The highest BCUT2D eigenvalue weighted by Crippen LogP contribution is 2.31. The molecule has 57 heavy (non-hydrogen) atoms. The Morgan fingerprint density at radius 2 is 1.58 bits per heavy atom. The molecule has 4 atom stereocenters. The number of piperidine rings is 1. The number of amides is 6. The number of fused-ring (bicyclic) bond motifs is 1.